The SMILES string of the molecule is COc1ccc(OC)c(S(=O)(=O)Cc2cncc(-c3ccc(OCc4ccccc4)cc3)c2)c1. The first-order valence-electron chi connectivity index (χ1n) is 10.6. The summed E-state index contributed by atoms with van der Waals surface area (Å²) < 4.78 is 42.6. The first-order chi connectivity index (χ1) is 16.5. The fraction of sp³-hybridized carbons (Fsp3) is 0.148. The lowest BCUT2D eigenvalue weighted by atomic mass is 10.1. The molecule has 0 aliphatic carbocycles. The molecule has 0 amide bonds. The average Bonchev–Trinajstić information content (AvgIpc) is 2.88. The Labute approximate surface area is 199 Å². The molecule has 7 heteroatoms. The van der Waals surface area contributed by atoms with Gasteiger partial charge >= 0.3 is 0 Å². The number of benzene rings is 3. The molecular formula is C27H25NO5S. The molecule has 0 aliphatic heterocycles. The Bertz CT molecular complexity index is 1350. The van der Waals surface area contributed by atoms with Crippen molar-refractivity contribution < 1.29 is 22.6 Å². The van der Waals surface area contributed by atoms with Gasteiger partial charge in [0.25, 0.3) is 0 Å². The topological polar surface area (TPSA) is 74.7 Å². The summed E-state index contributed by atoms with van der Waals surface area (Å²) in [5.41, 5.74) is 3.40. The average molecular weight is 476 g/mol. The number of methoxy groups -OCH3 is 2. The van der Waals surface area contributed by atoms with Crippen molar-refractivity contribution in [1.82, 2.24) is 4.98 Å². The zero-order valence-electron chi connectivity index (χ0n) is 19.0. The number of nitrogens with zero attached hydrogens (tertiary/aromatic N) is 1. The van der Waals surface area contributed by atoms with E-state index in [9.17, 15) is 8.42 Å². The summed E-state index contributed by atoms with van der Waals surface area (Å²) in [6.07, 6.45) is 3.27. The number of aromatic nitrogens is 1. The predicted molar refractivity (Wildman–Crippen MR) is 131 cm³/mol. The number of hydrogen-bond donors (Lipinski definition) is 0. The highest BCUT2D eigenvalue weighted by atomic mass is 32.2. The summed E-state index contributed by atoms with van der Waals surface area (Å²) in [5.74, 6) is 1.26. The van der Waals surface area contributed by atoms with Crippen molar-refractivity contribution in [2.75, 3.05) is 14.2 Å². The van der Waals surface area contributed by atoms with Gasteiger partial charge in [-0.2, -0.15) is 0 Å². The van der Waals surface area contributed by atoms with Crippen molar-refractivity contribution in [2.45, 2.75) is 17.3 Å². The lowest BCUT2D eigenvalue weighted by Crippen LogP contribution is -2.07. The molecule has 1 aromatic heterocycles. The number of sulfone groups is 1. The van der Waals surface area contributed by atoms with E-state index in [0.29, 0.717) is 17.9 Å². The molecule has 0 bridgehead atoms. The summed E-state index contributed by atoms with van der Waals surface area (Å²) in [7, 11) is -0.763. The standard InChI is InChI=1S/C27H25NO5S/c1-31-25-12-13-26(32-2)27(15-25)34(29,30)19-21-14-23(17-28-16-21)22-8-10-24(11-9-22)33-18-20-6-4-3-5-7-20/h3-17H,18-19H2,1-2H3. The maximum Gasteiger partial charge on any atom is 0.186 e. The molecule has 0 unspecified atom stereocenters. The minimum atomic E-state index is -3.69. The van der Waals surface area contributed by atoms with E-state index in [4.69, 9.17) is 14.2 Å². The van der Waals surface area contributed by atoms with Crippen LogP contribution >= 0.6 is 0 Å². The first kappa shape index (κ1) is 23.3. The number of ether oxygens (including phenoxy) is 3. The largest absolute Gasteiger partial charge is 0.497 e. The Balaban J connectivity index is 1.51. The van der Waals surface area contributed by atoms with E-state index in [1.807, 2.05) is 60.7 Å². The van der Waals surface area contributed by atoms with Gasteiger partial charge in [-0.05, 0) is 47.0 Å². The lowest BCUT2D eigenvalue weighted by Gasteiger charge is -2.12. The van der Waals surface area contributed by atoms with Gasteiger partial charge in [-0.25, -0.2) is 8.42 Å². The van der Waals surface area contributed by atoms with Crippen LogP contribution < -0.4 is 14.2 Å². The number of hydrogen-bond acceptors (Lipinski definition) is 6. The molecule has 0 N–H and O–H groups in total. The third-order valence-corrected chi connectivity index (χ3v) is 7.00. The minimum Gasteiger partial charge on any atom is -0.497 e. The zero-order valence-corrected chi connectivity index (χ0v) is 19.8. The maximum atomic E-state index is 13.2. The Morgan fingerprint density at radius 1 is 0.735 bits per heavy atom. The van der Waals surface area contributed by atoms with E-state index in [1.54, 1.807) is 24.5 Å². The summed E-state index contributed by atoms with van der Waals surface area (Å²) in [6.45, 7) is 0.489. The Morgan fingerprint density at radius 2 is 1.47 bits per heavy atom. The molecule has 4 aromatic rings. The van der Waals surface area contributed by atoms with Crippen molar-refractivity contribution in [2.24, 2.45) is 0 Å². The van der Waals surface area contributed by atoms with Crippen molar-refractivity contribution >= 4 is 9.84 Å². The van der Waals surface area contributed by atoms with Gasteiger partial charge in [0.05, 0.1) is 20.0 Å². The van der Waals surface area contributed by atoms with Crippen molar-refractivity contribution in [3.8, 4) is 28.4 Å². The van der Waals surface area contributed by atoms with Gasteiger partial charge in [0.15, 0.2) is 9.84 Å². The van der Waals surface area contributed by atoms with E-state index < -0.39 is 9.84 Å². The molecular weight excluding hydrogens is 450 g/mol. The second kappa shape index (κ2) is 10.4. The summed E-state index contributed by atoms with van der Waals surface area (Å²) >= 11 is 0. The van der Waals surface area contributed by atoms with Crippen LogP contribution in [0.4, 0.5) is 0 Å². The Hall–Kier alpha value is -3.84. The number of pyridine rings is 1. The van der Waals surface area contributed by atoms with Crippen molar-refractivity contribution in [3.63, 3.8) is 0 Å². The third-order valence-electron chi connectivity index (χ3n) is 5.29. The van der Waals surface area contributed by atoms with E-state index in [0.717, 1.165) is 22.4 Å². The van der Waals surface area contributed by atoms with E-state index in [-0.39, 0.29) is 16.4 Å². The molecule has 0 saturated carbocycles. The summed E-state index contributed by atoms with van der Waals surface area (Å²) in [5, 5.41) is 0. The van der Waals surface area contributed by atoms with Crippen molar-refractivity contribution in [1.29, 1.82) is 0 Å². The summed E-state index contributed by atoms with van der Waals surface area (Å²) in [4.78, 5) is 4.34. The third kappa shape index (κ3) is 5.55. The van der Waals surface area contributed by atoms with E-state index in [2.05, 4.69) is 4.98 Å². The highest BCUT2D eigenvalue weighted by Crippen LogP contribution is 2.31. The molecule has 174 valence electrons. The molecule has 3 aromatic carbocycles. The van der Waals surface area contributed by atoms with Crippen LogP contribution in [0.25, 0.3) is 11.1 Å². The van der Waals surface area contributed by atoms with Crippen LogP contribution in [0.2, 0.25) is 0 Å². The van der Waals surface area contributed by atoms with Crippen LogP contribution in [0.3, 0.4) is 0 Å². The second-order valence-electron chi connectivity index (χ2n) is 7.66. The molecule has 0 atom stereocenters. The minimum absolute atomic E-state index is 0.0830. The second-order valence-corrected chi connectivity index (χ2v) is 9.61. The van der Waals surface area contributed by atoms with Gasteiger partial charge in [-0.3, -0.25) is 4.98 Å². The highest BCUT2D eigenvalue weighted by Gasteiger charge is 2.22. The predicted octanol–water partition coefficient (Wildman–Crippen LogP) is 5.32. The normalized spacial score (nSPS) is 11.1. The van der Waals surface area contributed by atoms with Gasteiger partial charge < -0.3 is 14.2 Å². The fourth-order valence-corrected chi connectivity index (χ4v) is 5.04. The molecule has 6 nitrogen and oxygen atoms in total. The Kier molecular flexibility index (Phi) is 7.13. The van der Waals surface area contributed by atoms with Crippen LogP contribution in [-0.2, 0) is 22.2 Å². The fourth-order valence-electron chi connectivity index (χ4n) is 3.53. The zero-order chi connectivity index (χ0) is 24.0. The molecule has 0 spiro atoms. The van der Waals surface area contributed by atoms with Crippen LogP contribution in [0.15, 0.2) is 96.2 Å². The molecule has 0 radical (unpaired) electrons. The molecule has 0 aliphatic rings. The van der Waals surface area contributed by atoms with Gasteiger partial charge in [-0.15, -0.1) is 0 Å². The molecule has 4 rings (SSSR count). The molecule has 0 saturated heterocycles. The molecule has 34 heavy (non-hydrogen) atoms. The van der Waals surface area contributed by atoms with Crippen molar-refractivity contribution in [3.05, 3.63) is 102 Å². The van der Waals surface area contributed by atoms with Gasteiger partial charge in [0.2, 0.25) is 0 Å². The van der Waals surface area contributed by atoms with E-state index >= 15 is 0 Å². The van der Waals surface area contributed by atoms with Crippen LogP contribution in [0.1, 0.15) is 11.1 Å². The number of rotatable bonds is 9. The van der Waals surface area contributed by atoms with E-state index in [1.165, 1.54) is 20.3 Å². The summed E-state index contributed by atoms with van der Waals surface area (Å²) in [6, 6.07) is 24.2. The monoisotopic (exact) mass is 475 g/mol. The van der Waals surface area contributed by atoms with Gasteiger partial charge in [0, 0.05) is 24.0 Å². The Morgan fingerprint density at radius 3 is 2.18 bits per heavy atom. The van der Waals surface area contributed by atoms with Crippen LogP contribution in [0.5, 0.6) is 17.2 Å². The molecule has 0 fully saturated rings. The van der Waals surface area contributed by atoms with Crippen LogP contribution in [0, 0.1) is 0 Å². The highest BCUT2D eigenvalue weighted by molar-refractivity contribution is 7.90. The maximum absolute atomic E-state index is 13.2. The van der Waals surface area contributed by atoms with Gasteiger partial charge in [0.1, 0.15) is 28.8 Å². The van der Waals surface area contributed by atoms with Crippen LogP contribution in [-0.4, -0.2) is 27.6 Å². The smallest absolute Gasteiger partial charge is 0.186 e. The quantitative estimate of drug-likeness (QED) is 0.326. The van der Waals surface area contributed by atoms with Gasteiger partial charge in [-0.1, -0.05) is 42.5 Å². The first-order valence-corrected chi connectivity index (χ1v) is 12.3. The molecule has 1 heterocycles. The lowest BCUT2D eigenvalue weighted by molar-refractivity contribution is 0.306.